The van der Waals surface area contributed by atoms with Gasteiger partial charge in [0.1, 0.15) is 0 Å². The first-order chi connectivity index (χ1) is 11.3. The van der Waals surface area contributed by atoms with Crippen LogP contribution in [0.15, 0.2) is 18.2 Å². The lowest BCUT2D eigenvalue weighted by Gasteiger charge is -2.13. The second-order valence-electron chi connectivity index (χ2n) is 4.38. The van der Waals surface area contributed by atoms with Crippen molar-refractivity contribution in [2.24, 2.45) is 5.84 Å². The van der Waals surface area contributed by atoms with Crippen molar-refractivity contribution in [1.82, 2.24) is 0 Å². The highest BCUT2D eigenvalue weighted by atomic mass is 16.7. The summed E-state index contributed by atoms with van der Waals surface area (Å²) < 4.78 is 8.98. The third-order valence-corrected chi connectivity index (χ3v) is 3.00. The van der Waals surface area contributed by atoms with Gasteiger partial charge in [-0.2, -0.15) is 0 Å². The molecule has 2 atom stereocenters. The molecule has 0 aromatic heterocycles. The molecule has 0 saturated carbocycles. The number of nitrogen functional groups attached to an aromatic ring is 1. The van der Waals surface area contributed by atoms with Gasteiger partial charge in [-0.05, 0) is 18.2 Å². The maximum Gasteiger partial charge on any atom is 0.379 e. The van der Waals surface area contributed by atoms with E-state index in [0.717, 1.165) is 26.4 Å². The number of anilines is 1. The van der Waals surface area contributed by atoms with Gasteiger partial charge in [0, 0.05) is 31.0 Å². The minimum absolute atomic E-state index is 0.156. The van der Waals surface area contributed by atoms with Crippen LogP contribution in [0.3, 0.4) is 0 Å². The summed E-state index contributed by atoms with van der Waals surface area (Å²) in [4.78, 5) is 44.3. The van der Waals surface area contributed by atoms with Crippen LogP contribution in [0.1, 0.15) is 20.7 Å². The lowest BCUT2D eigenvalue weighted by molar-refractivity contribution is -0.553. The number of nitrogens with one attached hydrogen (secondary N) is 1. The van der Waals surface area contributed by atoms with Crippen molar-refractivity contribution in [3.05, 3.63) is 49.6 Å². The third-order valence-electron chi connectivity index (χ3n) is 3.00. The number of nitro groups is 2. The average Bonchev–Trinajstić information content (AvgIpc) is 2.54. The number of ketones is 2. The van der Waals surface area contributed by atoms with Gasteiger partial charge >= 0.3 is 12.5 Å². The Bertz CT molecular complexity index is 677. The number of nitrogens with zero attached hydrogens (tertiary/aromatic N) is 2. The van der Waals surface area contributed by atoms with Crippen molar-refractivity contribution >= 4 is 17.3 Å². The van der Waals surface area contributed by atoms with Crippen molar-refractivity contribution < 1.29 is 28.9 Å². The van der Waals surface area contributed by atoms with Gasteiger partial charge in [0.05, 0.1) is 9.85 Å². The summed E-state index contributed by atoms with van der Waals surface area (Å²) in [6.45, 7) is 0. The Labute approximate surface area is 134 Å². The Balaban J connectivity index is 3.46. The largest absolute Gasteiger partial charge is 0.379 e. The van der Waals surface area contributed by atoms with Crippen LogP contribution in [-0.4, -0.2) is 48.1 Å². The molecule has 12 heteroatoms. The van der Waals surface area contributed by atoms with Crippen LogP contribution in [0.2, 0.25) is 0 Å². The summed E-state index contributed by atoms with van der Waals surface area (Å²) in [5.74, 6) is 2.89. The number of carbonyl (C=O) groups is 2. The minimum atomic E-state index is -2.08. The smallest absolute Gasteiger partial charge is 0.324 e. The van der Waals surface area contributed by atoms with Gasteiger partial charge in [-0.25, -0.2) is 0 Å². The molecule has 1 rings (SSSR count). The molecule has 0 amide bonds. The SMILES string of the molecule is COC(C(=O)c1ccc(NN)cc1C(=O)C(OC)[N+](=O)[O-])[N+](=O)[O-]. The van der Waals surface area contributed by atoms with Crippen LogP contribution in [0.25, 0.3) is 0 Å². The van der Waals surface area contributed by atoms with Gasteiger partial charge in [-0.15, -0.1) is 0 Å². The highest BCUT2D eigenvalue weighted by Gasteiger charge is 2.38. The van der Waals surface area contributed by atoms with Gasteiger partial charge in [0.15, 0.2) is 0 Å². The molecule has 0 aliphatic heterocycles. The monoisotopic (exact) mass is 342 g/mol. The van der Waals surface area contributed by atoms with Crippen LogP contribution in [0.5, 0.6) is 0 Å². The zero-order valence-electron chi connectivity index (χ0n) is 12.6. The second-order valence-corrected chi connectivity index (χ2v) is 4.38. The molecule has 0 bridgehead atoms. The maximum atomic E-state index is 12.3. The predicted molar refractivity (Wildman–Crippen MR) is 78.5 cm³/mol. The molecule has 1 aromatic carbocycles. The fraction of sp³-hybridized carbons (Fsp3) is 0.333. The van der Waals surface area contributed by atoms with Gasteiger partial charge in [-0.1, -0.05) is 0 Å². The zero-order valence-corrected chi connectivity index (χ0v) is 12.6. The van der Waals surface area contributed by atoms with Gasteiger partial charge in [-0.3, -0.25) is 35.7 Å². The quantitative estimate of drug-likeness (QED) is 0.201. The van der Waals surface area contributed by atoms with Crippen molar-refractivity contribution in [3.63, 3.8) is 0 Å². The molecular formula is C12H14N4O8. The zero-order chi connectivity index (χ0) is 18.4. The number of hydrazine groups is 1. The average molecular weight is 342 g/mol. The lowest BCUT2D eigenvalue weighted by Crippen LogP contribution is -2.35. The Kier molecular flexibility index (Phi) is 6.40. The summed E-state index contributed by atoms with van der Waals surface area (Å²) in [6, 6.07) is 3.40. The maximum absolute atomic E-state index is 12.3. The minimum Gasteiger partial charge on any atom is -0.324 e. The Morgan fingerprint density at radius 3 is 1.88 bits per heavy atom. The number of rotatable bonds is 9. The van der Waals surface area contributed by atoms with Crippen molar-refractivity contribution in [1.29, 1.82) is 0 Å². The molecule has 3 N–H and O–H groups in total. The van der Waals surface area contributed by atoms with E-state index in [1.165, 1.54) is 6.07 Å². The molecule has 2 unspecified atom stereocenters. The van der Waals surface area contributed by atoms with Crippen LogP contribution in [0, 0.1) is 20.2 Å². The van der Waals surface area contributed by atoms with Crippen molar-refractivity contribution in [2.75, 3.05) is 19.6 Å². The van der Waals surface area contributed by atoms with E-state index in [2.05, 4.69) is 14.9 Å². The van der Waals surface area contributed by atoms with E-state index >= 15 is 0 Å². The standard InChI is InChI=1S/C12H14N4O8/c1-23-11(15(19)20)9(17)7-4-3-6(14-13)5-8(7)10(18)12(24-2)16(21)22/h3-5,11-12,14H,13H2,1-2H3. The summed E-state index contributed by atoms with van der Waals surface area (Å²) >= 11 is 0. The Morgan fingerprint density at radius 2 is 1.50 bits per heavy atom. The predicted octanol–water partition coefficient (Wildman–Crippen LogP) is -0.164. The number of Topliss-reactive ketones (excluding diaryl/α,β-unsaturated/α-hetero) is 2. The summed E-state index contributed by atoms with van der Waals surface area (Å²) in [5.41, 5.74) is 1.48. The van der Waals surface area contributed by atoms with Crippen molar-refractivity contribution in [2.45, 2.75) is 12.5 Å². The van der Waals surface area contributed by atoms with Crippen molar-refractivity contribution in [3.8, 4) is 0 Å². The molecule has 0 aliphatic carbocycles. The van der Waals surface area contributed by atoms with E-state index in [1.54, 1.807) is 0 Å². The number of carbonyl (C=O) groups excluding carboxylic acids is 2. The summed E-state index contributed by atoms with van der Waals surface area (Å²) in [6.07, 6.45) is -4.15. The molecule has 0 heterocycles. The number of hydrogen-bond acceptors (Lipinski definition) is 10. The fourth-order valence-corrected chi connectivity index (χ4v) is 1.90. The van der Waals surface area contributed by atoms with Crippen LogP contribution in [0.4, 0.5) is 5.69 Å². The molecule has 12 nitrogen and oxygen atoms in total. The fourth-order valence-electron chi connectivity index (χ4n) is 1.90. The lowest BCUT2D eigenvalue weighted by atomic mass is 9.97. The summed E-state index contributed by atoms with van der Waals surface area (Å²) in [5, 5.41) is 21.7. The van der Waals surface area contributed by atoms with Gasteiger partial charge in [0.2, 0.25) is 0 Å². The molecule has 1 aromatic rings. The Morgan fingerprint density at radius 1 is 1.04 bits per heavy atom. The van der Waals surface area contributed by atoms with E-state index in [-0.39, 0.29) is 5.69 Å². The molecule has 0 radical (unpaired) electrons. The first-order valence-electron chi connectivity index (χ1n) is 6.30. The van der Waals surface area contributed by atoms with E-state index in [0.29, 0.717) is 0 Å². The molecule has 0 saturated heterocycles. The first-order valence-corrected chi connectivity index (χ1v) is 6.30. The number of methoxy groups -OCH3 is 2. The molecule has 0 fully saturated rings. The summed E-state index contributed by atoms with van der Waals surface area (Å²) in [7, 11) is 1.88. The molecule has 0 spiro atoms. The molecule has 130 valence electrons. The number of benzene rings is 1. The van der Waals surface area contributed by atoms with Crippen LogP contribution >= 0.6 is 0 Å². The number of hydrogen-bond donors (Lipinski definition) is 2. The van der Waals surface area contributed by atoms with Gasteiger partial charge < -0.3 is 14.9 Å². The van der Waals surface area contributed by atoms with E-state index in [4.69, 9.17) is 5.84 Å². The van der Waals surface area contributed by atoms with Gasteiger partial charge in [0.25, 0.3) is 11.6 Å². The van der Waals surface area contributed by atoms with E-state index in [9.17, 15) is 29.8 Å². The molecule has 24 heavy (non-hydrogen) atoms. The molecule has 0 aliphatic rings. The normalized spacial score (nSPS) is 13.0. The second kappa shape index (κ2) is 8.05. The topological polar surface area (TPSA) is 177 Å². The highest BCUT2D eigenvalue weighted by Crippen LogP contribution is 2.20. The van der Waals surface area contributed by atoms with Crippen LogP contribution < -0.4 is 11.3 Å². The number of ether oxygens (including phenoxy) is 2. The highest BCUT2D eigenvalue weighted by molar-refractivity contribution is 6.11. The third kappa shape index (κ3) is 3.87. The van der Waals surface area contributed by atoms with E-state index in [1.807, 2.05) is 0 Å². The molecular weight excluding hydrogens is 328 g/mol. The Hall–Kier alpha value is -2.96. The number of nitrogens with two attached hydrogens (primary N) is 1. The van der Waals surface area contributed by atoms with Crippen LogP contribution in [-0.2, 0) is 9.47 Å². The first kappa shape index (κ1) is 19.1. The van der Waals surface area contributed by atoms with E-state index < -0.39 is 45.0 Å².